The average molecular weight is 508 g/mol. The molecule has 0 saturated heterocycles. The number of rotatable bonds is 6. The second kappa shape index (κ2) is 10.1. The summed E-state index contributed by atoms with van der Waals surface area (Å²) >= 11 is 14.7. The number of amides is 1. The maximum atomic E-state index is 12.1. The second-order valence-electron chi connectivity index (χ2n) is 6.66. The minimum Gasteiger partial charge on any atom is -0.484 e. The van der Waals surface area contributed by atoms with Crippen molar-refractivity contribution in [2.45, 2.75) is 20.4 Å². The third-order valence-electron chi connectivity index (χ3n) is 4.25. The molecule has 0 aliphatic carbocycles. The molecule has 0 atom stereocenters. The summed E-state index contributed by atoms with van der Waals surface area (Å²) in [7, 11) is 0. The summed E-state index contributed by atoms with van der Waals surface area (Å²) in [6.07, 6.45) is 0. The van der Waals surface area contributed by atoms with Crippen LogP contribution in [0.25, 0.3) is 11.3 Å². The third kappa shape index (κ3) is 6.08. The number of nitrogens with one attached hydrogen (secondary N) is 2. The lowest BCUT2D eigenvalue weighted by molar-refractivity contribution is -0.121. The van der Waals surface area contributed by atoms with Gasteiger partial charge in [-0.2, -0.15) is 0 Å². The van der Waals surface area contributed by atoms with E-state index in [9.17, 15) is 4.79 Å². The van der Waals surface area contributed by atoms with Crippen molar-refractivity contribution in [1.82, 2.24) is 10.6 Å². The molecule has 0 fully saturated rings. The molecular weight excluding hydrogens is 488 g/mol. The van der Waals surface area contributed by atoms with Gasteiger partial charge in [0.05, 0.1) is 6.54 Å². The molecule has 8 heteroatoms. The van der Waals surface area contributed by atoms with Crippen LogP contribution in [-0.4, -0.2) is 17.6 Å². The first-order valence-electron chi connectivity index (χ1n) is 9.13. The minimum absolute atomic E-state index is 0.156. The van der Waals surface area contributed by atoms with Crippen molar-refractivity contribution in [3.8, 4) is 17.1 Å². The maximum Gasteiger partial charge on any atom is 0.264 e. The van der Waals surface area contributed by atoms with Gasteiger partial charge in [0.1, 0.15) is 17.3 Å². The molecule has 0 unspecified atom stereocenters. The molecule has 0 aliphatic heterocycles. The van der Waals surface area contributed by atoms with Crippen LogP contribution in [0.15, 0.2) is 57.4 Å². The predicted octanol–water partition coefficient (Wildman–Crippen LogP) is 5.55. The third-order valence-corrected chi connectivity index (χ3v) is 5.62. The highest BCUT2D eigenvalue weighted by Gasteiger charge is 2.09. The van der Waals surface area contributed by atoms with Crippen molar-refractivity contribution in [2.75, 3.05) is 6.61 Å². The number of furan rings is 1. The Morgan fingerprint density at radius 2 is 1.80 bits per heavy atom. The first kappa shape index (κ1) is 22.3. The highest BCUT2D eigenvalue weighted by atomic mass is 79.9. The number of hydrogen-bond donors (Lipinski definition) is 2. The molecule has 3 aromatic rings. The van der Waals surface area contributed by atoms with Crippen LogP contribution in [0.2, 0.25) is 5.02 Å². The molecule has 0 aliphatic rings. The molecule has 1 amide bonds. The Bertz CT molecular complexity index is 1040. The monoisotopic (exact) mass is 506 g/mol. The lowest BCUT2D eigenvalue weighted by atomic mass is 10.1. The van der Waals surface area contributed by atoms with E-state index in [0.29, 0.717) is 23.1 Å². The topological polar surface area (TPSA) is 63.5 Å². The van der Waals surface area contributed by atoms with Gasteiger partial charge in [0.25, 0.3) is 5.91 Å². The number of carbonyl (C=O) groups is 1. The van der Waals surface area contributed by atoms with E-state index < -0.39 is 0 Å². The normalized spacial score (nSPS) is 10.5. The van der Waals surface area contributed by atoms with Crippen molar-refractivity contribution in [2.24, 2.45) is 0 Å². The first-order valence-corrected chi connectivity index (χ1v) is 10.7. The van der Waals surface area contributed by atoms with Gasteiger partial charge in [0, 0.05) is 15.1 Å². The molecule has 1 heterocycles. The van der Waals surface area contributed by atoms with E-state index >= 15 is 0 Å². The van der Waals surface area contributed by atoms with E-state index in [-0.39, 0.29) is 17.6 Å². The van der Waals surface area contributed by atoms with Crippen molar-refractivity contribution < 1.29 is 13.9 Å². The molecule has 156 valence electrons. The molecule has 2 N–H and O–H groups in total. The summed E-state index contributed by atoms with van der Waals surface area (Å²) in [5, 5.41) is 6.44. The van der Waals surface area contributed by atoms with Crippen LogP contribution in [0.4, 0.5) is 0 Å². The predicted molar refractivity (Wildman–Crippen MR) is 126 cm³/mol. The van der Waals surface area contributed by atoms with E-state index in [0.717, 1.165) is 26.9 Å². The standard InChI is InChI=1S/C22H20BrClN2O3S/c1-13-9-18(10-14(2)21(13)24)28-12-20(27)26-22(30)25-11-17-7-8-19(29-17)15-3-5-16(23)6-4-15/h3-10H,11-12H2,1-2H3,(H2,25,26,27,30). The van der Waals surface area contributed by atoms with Gasteiger partial charge in [-0.1, -0.05) is 39.7 Å². The van der Waals surface area contributed by atoms with Gasteiger partial charge in [-0.3, -0.25) is 4.79 Å². The lowest BCUT2D eigenvalue weighted by Gasteiger charge is -2.11. The van der Waals surface area contributed by atoms with E-state index in [1.54, 1.807) is 12.1 Å². The fraction of sp³-hybridized carbons (Fsp3) is 0.182. The molecule has 0 spiro atoms. The van der Waals surface area contributed by atoms with Crippen molar-refractivity contribution >= 4 is 50.8 Å². The zero-order valence-corrected chi connectivity index (χ0v) is 19.6. The highest BCUT2D eigenvalue weighted by molar-refractivity contribution is 9.10. The van der Waals surface area contributed by atoms with Gasteiger partial charge in [-0.15, -0.1) is 0 Å². The SMILES string of the molecule is Cc1cc(OCC(=O)NC(=S)NCc2ccc(-c3ccc(Br)cc3)o2)cc(C)c1Cl. The smallest absolute Gasteiger partial charge is 0.264 e. The summed E-state index contributed by atoms with van der Waals surface area (Å²) < 4.78 is 12.4. The van der Waals surface area contributed by atoms with Crippen LogP contribution in [0.1, 0.15) is 16.9 Å². The minimum atomic E-state index is -0.354. The number of thiocarbonyl (C=S) groups is 1. The lowest BCUT2D eigenvalue weighted by Crippen LogP contribution is -2.41. The van der Waals surface area contributed by atoms with Crippen LogP contribution in [0.3, 0.4) is 0 Å². The van der Waals surface area contributed by atoms with Gasteiger partial charge in [0.15, 0.2) is 11.7 Å². The Labute approximate surface area is 193 Å². The number of aryl methyl sites for hydroxylation is 2. The Morgan fingerprint density at radius 3 is 2.47 bits per heavy atom. The molecular formula is C22H20BrClN2O3S. The van der Waals surface area contributed by atoms with Crippen molar-refractivity contribution in [3.63, 3.8) is 0 Å². The molecule has 5 nitrogen and oxygen atoms in total. The largest absolute Gasteiger partial charge is 0.484 e. The maximum absolute atomic E-state index is 12.1. The Hall–Kier alpha value is -2.35. The number of carbonyl (C=O) groups excluding carboxylic acids is 1. The molecule has 2 aromatic carbocycles. The first-order chi connectivity index (χ1) is 14.3. The quantitative estimate of drug-likeness (QED) is 0.428. The summed E-state index contributed by atoms with van der Waals surface area (Å²) in [6.45, 7) is 3.97. The zero-order valence-electron chi connectivity index (χ0n) is 16.4. The summed E-state index contributed by atoms with van der Waals surface area (Å²) in [5.41, 5.74) is 2.76. The average Bonchev–Trinajstić information content (AvgIpc) is 3.18. The van der Waals surface area contributed by atoms with Crippen LogP contribution >= 0.6 is 39.7 Å². The second-order valence-corrected chi connectivity index (χ2v) is 8.37. The van der Waals surface area contributed by atoms with Gasteiger partial charge in [-0.25, -0.2) is 0 Å². The number of halogens is 2. The van der Waals surface area contributed by atoms with Gasteiger partial charge in [-0.05, 0) is 73.6 Å². The number of ether oxygens (including phenoxy) is 1. The van der Waals surface area contributed by atoms with Crippen LogP contribution in [-0.2, 0) is 11.3 Å². The molecule has 0 bridgehead atoms. The van der Waals surface area contributed by atoms with E-state index in [1.807, 2.05) is 50.2 Å². The van der Waals surface area contributed by atoms with Gasteiger partial charge >= 0.3 is 0 Å². The van der Waals surface area contributed by atoms with E-state index in [4.69, 9.17) is 33.0 Å². The molecule has 30 heavy (non-hydrogen) atoms. The molecule has 3 rings (SSSR count). The Morgan fingerprint density at radius 1 is 1.13 bits per heavy atom. The Kier molecular flexibility index (Phi) is 7.53. The van der Waals surface area contributed by atoms with Crippen LogP contribution < -0.4 is 15.4 Å². The zero-order chi connectivity index (χ0) is 21.7. The fourth-order valence-corrected chi connectivity index (χ4v) is 3.31. The molecule has 0 saturated carbocycles. The Balaban J connectivity index is 1.45. The van der Waals surface area contributed by atoms with Gasteiger partial charge in [0.2, 0.25) is 0 Å². The fourth-order valence-electron chi connectivity index (χ4n) is 2.75. The van der Waals surface area contributed by atoms with E-state index in [2.05, 4.69) is 26.6 Å². The van der Waals surface area contributed by atoms with Crippen molar-refractivity contribution in [1.29, 1.82) is 0 Å². The molecule has 1 aromatic heterocycles. The molecule has 0 radical (unpaired) electrons. The van der Waals surface area contributed by atoms with E-state index in [1.165, 1.54) is 0 Å². The summed E-state index contributed by atoms with van der Waals surface area (Å²) in [4.78, 5) is 12.1. The number of benzene rings is 2. The highest BCUT2D eigenvalue weighted by Crippen LogP contribution is 2.26. The van der Waals surface area contributed by atoms with Gasteiger partial charge < -0.3 is 19.8 Å². The van der Waals surface area contributed by atoms with Crippen LogP contribution in [0.5, 0.6) is 5.75 Å². The van der Waals surface area contributed by atoms with Crippen molar-refractivity contribution in [3.05, 3.63) is 74.9 Å². The summed E-state index contributed by atoms with van der Waals surface area (Å²) in [6, 6.07) is 15.2. The summed E-state index contributed by atoms with van der Waals surface area (Å²) in [5.74, 6) is 1.69. The van der Waals surface area contributed by atoms with Crippen LogP contribution in [0, 0.1) is 13.8 Å². The number of hydrogen-bond acceptors (Lipinski definition) is 4.